The van der Waals surface area contributed by atoms with E-state index in [0.29, 0.717) is 12.6 Å². The average Bonchev–Trinajstić information content (AvgIpc) is 3.11. The van der Waals surface area contributed by atoms with Crippen molar-refractivity contribution in [3.8, 4) is 5.75 Å². The van der Waals surface area contributed by atoms with Gasteiger partial charge < -0.3 is 9.47 Å². The maximum absolute atomic E-state index is 5.64. The van der Waals surface area contributed by atoms with Crippen LogP contribution in [0.4, 0.5) is 0 Å². The van der Waals surface area contributed by atoms with Gasteiger partial charge in [0.05, 0.1) is 13.7 Å². The number of thioether (sulfide) groups is 1. The molecule has 1 aromatic carbocycles. The lowest BCUT2D eigenvalue weighted by molar-refractivity contribution is 0.0442. The van der Waals surface area contributed by atoms with Crippen LogP contribution >= 0.6 is 11.8 Å². The summed E-state index contributed by atoms with van der Waals surface area (Å²) in [6.07, 6.45) is 6.24. The number of rotatable bonds is 9. The smallest absolute Gasteiger partial charge is 0.124 e. The zero-order valence-corrected chi connectivity index (χ0v) is 17.4. The summed E-state index contributed by atoms with van der Waals surface area (Å²) >= 11 is 1.97. The third kappa shape index (κ3) is 4.94. The highest BCUT2D eigenvalue weighted by Crippen LogP contribution is 2.29. The Morgan fingerprint density at radius 3 is 2.92 bits per heavy atom. The number of nitrogens with zero attached hydrogens (tertiary/aromatic N) is 2. The number of benzene rings is 1. The molecule has 0 unspecified atom stereocenters. The van der Waals surface area contributed by atoms with Gasteiger partial charge in [-0.05, 0) is 62.4 Å². The van der Waals surface area contributed by atoms with Crippen molar-refractivity contribution in [2.75, 3.05) is 45.4 Å². The molecule has 3 rings (SSSR count). The predicted molar refractivity (Wildman–Crippen MR) is 110 cm³/mol. The van der Waals surface area contributed by atoms with E-state index < -0.39 is 0 Å². The number of fused-ring (bicyclic) bond motifs is 1. The van der Waals surface area contributed by atoms with Crippen LogP contribution in [0.5, 0.6) is 5.75 Å². The van der Waals surface area contributed by atoms with Crippen molar-refractivity contribution in [3.05, 3.63) is 29.3 Å². The van der Waals surface area contributed by atoms with Gasteiger partial charge in [-0.2, -0.15) is 11.8 Å². The van der Waals surface area contributed by atoms with Crippen molar-refractivity contribution >= 4 is 11.8 Å². The minimum absolute atomic E-state index is 0.625. The Hall–Kier alpha value is -0.750. The first kappa shape index (κ1) is 20.0. The molecule has 0 spiro atoms. The van der Waals surface area contributed by atoms with E-state index in [9.17, 15) is 0 Å². The van der Waals surface area contributed by atoms with Gasteiger partial charge in [0, 0.05) is 43.9 Å². The molecule has 2 fully saturated rings. The standard InChI is InChI=1S/C21H34N2O2S/c1-4-25-16-18-12-17(7-8-21(18)24-2)13-23-15-19-6-5-10-22(19)14-20(23)9-11-26-3/h7-8,12,19-20H,4-6,9-11,13-16H2,1-3H3/t19-,20-/m0/s1. The predicted octanol–water partition coefficient (Wildman–Crippen LogP) is 3.63. The lowest BCUT2D eigenvalue weighted by atomic mass is 10.0. The van der Waals surface area contributed by atoms with Crippen LogP contribution < -0.4 is 4.74 Å². The maximum atomic E-state index is 5.64. The van der Waals surface area contributed by atoms with Crippen LogP contribution in [0.15, 0.2) is 18.2 Å². The van der Waals surface area contributed by atoms with Gasteiger partial charge in [0.25, 0.3) is 0 Å². The molecule has 0 aromatic heterocycles. The monoisotopic (exact) mass is 378 g/mol. The summed E-state index contributed by atoms with van der Waals surface area (Å²) in [6.45, 7) is 8.18. The molecule has 0 radical (unpaired) electrons. The molecule has 146 valence electrons. The van der Waals surface area contributed by atoms with Crippen LogP contribution in [0.1, 0.15) is 37.3 Å². The molecule has 2 atom stereocenters. The topological polar surface area (TPSA) is 24.9 Å². The molecule has 26 heavy (non-hydrogen) atoms. The first-order valence-corrected chi connectivity index (χ1v) is 11.3. The Labute approximate surface area is 163 Å². The number of hydrogen-bond acceptors (Lipinski definition) is 5. The molecule has 2 aliphatic heterocycles. The lowest BCUT2D eigenvalue weighted by Gasteiger charge is -2.44. The molecule has 0 N–H and O–H groups in total. The number of methoxy groups -OCH3 is 1. The van der Waals surface area contributed by atoms with E-state index >= 15 is 0 Å². The Balaban J connectivity index is 1.71. The maximum Gasteiger partial charge on any atom is 0.124 e. The van der Waals surface area contributed by atoms with Gasteiger partial charge in [0.15, 0.2) is 0 Å². The molecule has 4 nitrogen and oxygen atoms in total. The molecule has 0 bridgehead atoms. The number of hydrogen-bond donors (Lipinski definition) is 0. The number of piperazine rings is 1. The summed E-state index contributed by atoms with van der Waals surface area (Å²) in [4.78, 5) is 5.46. The molecule has 0 saturated carbocycles. The summed E-state index contributed by atoms with van der Waals surface area (Å²) in [5.74, 6) is 2.18. The molecule has 0 amide bonds. The Bertz CT molecular complexity index is 569. The normalized spacial score (nSPS) is 24.0. The summed E-state index contributed by atoms with van der Waals surface area (Å²) in [5, 5.41) is 0. The quantitative estimate of drug-likeness (QED) is 0.653. The van der Waals surface area contributed by atoms with Crippen molar-refractivity contribution in [3.63, 3.8) is 0 Å². The van der Waals surface area contributed by atoms with E-state index in [2.05, 4.69) is 34.3 Å². The van der Waals surface area contributed by atoms with E-state index in [1.165, 1.54) is 50.2 Å². The first-order chi connectivity index (χ1) is 12.7. The van der Waals surface area contributed by atoms with Gasteiger partial charge in [-0.25, -0.2) is 0 Å². The number of ether oxygens (including phenoxy) is 2. The third-order valence-corrected chi connectivity index (χ3v) is 6.40. The second-order valence-electron chi connectivity index (χ2n) is 7.44. The van der Waals surface area contributed by atoms with Crippen molar-refractivity contribution in [1.29, 1.82) is 0 Å². The van der Waals surface area contributed by atoms with Crippen LogP contribution in [0.25, 0.3) is 0 Å². The SMILES string of the molecule is CCOCc1cc(CN2C[C@@H]3CCCN3C[C@@H]2CCSC)ccc1OC. The van der Waals surface area contributed by atoms with Crippen LogP contribution in [-0.4, -0.2) is 67.2 Å². The first-order valence-electron chi connectivity index (χ1n) is 9.95. The zero-order valence-electron chi connectivity index (χ0n) is 16.6. The Morgan fingerprint density at radius 2 is 2.15 bits per heavy atom. The highest BCUT2D eigenvalue weighted by atomic mass is 32.2. The van der Waals surface area contributed by atoms with Gasteiger partial charge in [-0.15, -0.1) is 0 Å². The Kier molecular flexibility index (Phi) is 7.67. The minimum Gasteiger partial charge on any atom is -0.496 e. The van der Waals surface area contributed by atoms with Gasteiger partial charge in [0.2, 0.25) is 0 Å². The molecular weight excluding hydrogens is 344 g/mol. The van der Waals surface area contributed by atoms with E-state index in [4.69, 9.17) is 9.47 Å². The van der Waals surface area contributed by atoms with Crippen molar-refractivity contribution in [2.45, 2.75) is 51.4 Å². The largest absolute Gasteiger partial charge is 0.496 e. The molecule has 2 saturated heterocycles. The van der Waals surface area contributed by atoms with Crippen LogP contribution in [0, 0.1) is 0 Å². The van der Waals surface area contributed by atoms with Crippen molar-refractivity contribution in [2.24, 2.45) is 0 Å². The molecule has 0 aliphatic carbocycles. The third-order valence-electron chi connectivity index (χ3n) is 5.75. The fraction of sp³-hybridized carbons (Fsp3) is 0.714. The summed E-state index contributed by atoms with van der Waals surface area (Å²) < 4.78 is 11.2. The highest BCUT2D eigenvalue weighted by Gasteiger charge is 2.35. The fourth-order valence-electron chi connectivity index (χ4n) is 4.36. The van der Waals surface area contributed by atoms with Crippen LogP contribution in [0.2, 0.25) is 0 Å². The molecule has 1 aromatic rings. The summed E-state index contributed by atoms with van der Waals surface area (Å²) in [7, 11) is 1.74. The highest BCUT2D eigenvalue weighted by molar-refractivity contribution is 7.98. The second kappa shape index (κ2) is 9.98. The molecule has 2 aliphatic rings. The summed E-state index contributed by atoms with van der Waals surface area (Å²) in [5.41, 5.74) is 2.54. The van der Waals surface area contributed by atoms with E-state index in [0.717, 1.165) is 30.5 Å². The van der Waals surface area contributed by atoms with Crippen LogP contribution in [0.3, 0.4) is 0 Å². The summed E-state index contributed by atoms with van der Waals surface area (Å²) in [6, 6.07) is 8.05. The molecule has 5 heteroatoms. The van der Waals surface area contributed by atoms with Crippen molar-refractivity contribution < 1.29 is 9.47 Å². The second-order valence-corrected chi connectivity index (χ2v) is 8.42. The van der Waals surface area contributed by atoms with Gasteiger partial charge in [-0.3, -0.25) is 9.80 Å². The Morgan fingerprint density at radius 1 is 1.27 bits per heavy atom. The minimum atomic E-state index is 0.625. The van der Waals surface area contributed by atoms with E-state index in [1.54, 1.807) is 7.11 Å². The van der Waals surface area contributed by atoms with E-state index in [1.807, 2.05) is 18.7 Å². The van der Waals surface area contributed by atoms with Crippen LogP contribution in [-0.2, 0) is 17.9 Å². The average molecular weight is 379 g/mol. The zero-order chi connectivity index (χ0) is 18.4. The van der Waals surface area contributed by atoms with Gasteiger partial charge >= 0.3 is 0 Å². The molecule has 2 heterocycles. The van der Waals surface area contributed by atoms with Gasteiger partial charge in [0.1, 0.15) is 5.75 Å². The van der Waals surface area contributed by atoms with Gasteiger partial charge in [-0.1, -0.05) is 6.07 Å². The van der Waals surface area contributed by atoms with E-state index in [-0.39, 0.29) is 0 Å². The fourth-order valence-corrected chi connectivity index (χ4v) is 4.87. The lowest BCUT2D eigenvalue weighted by Crippen LogP contribution is -2.55. The molecular formula is C21H34N2O2S. The van der Waals surface area contributed by atoms with Crippen molar-refractivity contribution in [1.82, 2.24) is 9.80 Å².